The third kappa shape index (κ3) is 6.24. The number of hydrogen-bond donors (Lipinski definition) is 3. The Morgan fingerprint density at radius 1 is 1.19 bits per heavy atom. The van der Waals surface area contributed by atoms with Crippen molar-refractivity contribution < 1.29 is 4.79 Å². The van der Waals surface area contributed by atoms with E-state index in [2.05, 4.69) is 46.6 Å². The molecule has 0 spiro atoms. The number of anilines is 1. The molecule has 0 radical (unpaired) electrons. The highest BCUT2D eigenvalue weighted by Gasteiger charge is 2.31. The number of hydrogen-bond acceptors (Lipinski definition) is 3. The Morgan fingerprint density at radius 3 is 2.37 bits per heavy atom. The second-order valence-corrected chi connectivity index (χ2v) is 8.04. The minimum absolute atomic E-state index is 0.0228. The molecule has 1 heterocycles. The molecule has 6 nitrogen and oxygen atoms in total. The Balaban J connectivity index is 1.84. The number of benzene rings is 1. The number of carbonyl (C=O) groups excluding carboxylic acids is 1. The van der Waals surface area contributed by atoms with E-state index in [1.165, 1.54) is 0 Å². The fraction of sp³-hybridized carbons (Fsp3) is 0.619. The molecule has 150 valence electrons. The zero-order valence-corrected chi connectivity index (χ0v) is 17.5. The molecular formula is C21H35N5O. The first-order valence-corrected chi connectivity index (χ1v) is 9.91. The fourth-order valence-corrected chi connectivity index (χ4v) is 3.16. The van der Waals surface area contributed by atoms with Crippen LogP contribution in [0.1, 0.15) is 40.2 Å². The van der Waals surface area contributed by atoms with Crippen molar-refractivity contribution in [3.05, 3.63) is 29.8 Å². The van der Waals surface area contributed by atoms with Gasteiger partial charge in [-0.1, -0.05) is 32.9 Å². The van der Waals surface area contributed by atoms with E-state index in [0.29, 0.717) is 24.5 Å². The maximum atomic E-state index is 11.8. The third-order valence-corrected chi connectivity index (χ3v) is 5.12. The van der Waals surface area contributed by atoms with E-state index in [4.69, 9.17) is 0 Å². The highest BCUT2D eigenvalue weighted by Crippen LogP contribution is 2.18. The predicted molar refractivity (Wildman–Crippen MR) is 113 cm³/mol. The van der Waals surface area contributed by atoms with E-state index in [9.17, 15) is 4.79 Å². The number of rotatable bonds is 6. The van der Waals surface area contributed by atoms with Crippen molar-refractivity contribution in [2.45, 2.75) is 53.2 Å². The molecule has 2 atom stereocenters. The largest absolute Gasteiger partial charge is 0.352 e. The van der Waals surface area contributed by atoms with Gasteiger partial charge in [-0.2, -0.15) is 0 Å². The van der Waals surface area contributed by atoms with Crippen LogP contribution in [0, 0.1) is 11.8 Å². The smallest absolute Gasteiger partial charge is 0.226 e. The summed E-state index contributed by atoms with van der Waals surface area (Å²) in [5.41, 5.74) is 1.97. The van der Waals surface area contributed by atoms with E-state index >= 15 is 0 Å². The van der Waals surface area contributed by atoms with Gasteiger partial charge in [-0.3, -0.25) is 14.7 Å². The average Bonchev–Trinajstić information content (AvgIpc) is 3.00. The summed E-state index contributed by atoms with van der Waals surface area (Å²) in [6.45, 7) is 13.4. The van der Waals surface area contributed by atoms with E-state index in [1.54, 1.807) is 7.05 Å². The molecule has 1 amide bonds. The molecule has 3 N–H and O–H groups in total. The Kier molecular flexibility index (Phi) is 7.66. The molecule has 0 bridgehead atoms. The van der Waals surface area contributed by atoms with Gasteiger partial charge in [0.15, 0.2) is 5.96 Å². The number of amides is 1. The molecule has 1 fully saturated rings. The maximum absolute atomic E-state index is 11.8. The molecule has 1 aromatic carbocycles. The Hall–Kier alpha value is -2.08. The molecule has 2 unspecified atom stereocenters. The summed E-state index contributed by atoms with van der Waals surface area (Å²) in [6.07, 6.45) is 0. The van der Waals surface area contributed by atoms with Crippen LogP contribution >= 0.6 is 0 Å². The lowest BCUT2D eigenvalue weighted by Crippen LogP contribution is -2.46. The van der Waals surface area contributed by atoms with Crippen molar-refractivity contribution in [1.82, 2.24) is 15.5 Å². The number of carbonyl (C=O) groups is 1. The molecule has 27 heavy (non-hydrogen) atoms. The van der Waals surface area contributed by atoms with E-state index < -0.39 is 0 Å². The fourth-order valence-electron chi connectivity index (χ4n) is 3.16. The molecular weight excluding hydrogens is 338 g/mol. The van der Waals surface area contributed by atoms with Gasteiger partial charge in [0, 0.05) is 50.4 Å². The summed E-state index contributed by atoms with van der Waals surface area (Å²) in [6, 6.07) is 8.90. The van der Waals surface area contributed by atoms with E-state index in [1.807, 2.05) is 38.1 Å². The van der Waals surface area contributed by atoms with Crippen LogP contribution in [0.4, 0.5) is 5.69 Å². The van der Waals surface area contributed by atoms with Crippen molar-refractivity contribution in [2.75, 3.05) is 25.5 Å². The van der Waals surface area contributed by atoms with E-state index in [0.717, 1.165) is 30.3 Å². The van der Waals surface area contributed by atoms with Gasteiger partial charge in [0.25, 0.3) is 0 Å². The van der Waals surface area contributed by atoms with Crippen LogP contribution in [-0.4, -0.2) is 49.0 Å². The summed E-state index contributed by atoms with van der Waals surface area (Å²) in [5.74, 6) is 1.43. The second kappa shape index (κ2) is 9.74. The van der Waals surface area contributed by atoms with Gasteiger partial charge in [0.05, 0.1) is 0 Å². The monoisotopic (exact) mass is 373 g/mol. The molecule has 6 heteroatoms. The van der Waals surface area contributed by atoms with Crippen LogP contribution in [0.3, 0.4) is 0 Å². The normalized spacial score (nSPS) is 21.0. The zero-order chi connectivity index (χ0) is 20.0. The van der Waals surface area contributed by atoms with Crippen molar-refractivity contribution in [3.63, 3.8) is 0 Å². The van der Waals surface area contributed by atoms with Gasteiger partial charge in [0.1, 0.15) is 0 Å². The van der Waals surface area contributed by atoms with Gasteiger partial charge in [0.2, 0.25) is 5.91 Å². The summed E-state index contributed by atoms with van der Waals surface area (Å²) < 4.78 is 0. The van der Waals surface area contributed by atoms with Gasteiger partial charge in [-0.15, -0.1) is 0 Å². The molecule has 2 rings (SSSR count). The number of aliphatic imine (C=N–C) groups is 1. The number of nitrogens with one attached hydrogen (secondary N) is 3. The van der Waals surface area contributed by atoms with Crippen molar-refractivity contribution in [1.29, 1.82) is 0 Å². The minimum atomic E-state index is -0.0228. The summed E-state index contributed by atoms with van der Waals surface area (Å²) in [5, 5.41) is 9.86. The predicted octanol–water partition coefficient (Wildman–Crippen LogP) is 2.67. The average molecular weight is 374 g/mol. The first-order valence-electron chi connectivity index (χ1n) is 9.91. The minimum Gasteiger partial charge on any atom is -0.352 e. The highest BCUT2D eigenvalue weighted by molar-refractivity contribution is 5.92. The molecule has 0 saturated carbocycles. The van der Waals surface area contributed by atoms with Crippen LogP contribution < -0.4 is 16.0 Å². The first kappa shape index (κ1) is 21.2. The maximum Gasteiger partial charge on any atom is 0.226 e. The Bertz CT molecular complexity index is 638. The van der Waals surface area contributed by atoms with Gasteiger partial charge >= 0.3 is 0 Å². The first-order chi connectivity index (χ1) is 12.8. The zero-order valence-electron chi connectivity index (χ0n) is 17.5. The van der Waals surface area contributed by atoms with Gasteiger partial charge < -0.3 is 16.0 Å². The SMILES string of the molecule is CN=C(NCc1ccc(NC(=O)C(C)C)cc1)NC1CN(C(C)C)CC1C. The van der Waals surface area contributed by atoms with Crippen molar-refractivity contribution >= 4 is 17.6 Å². The number of guanidine groups is 1. The lowest BCUT2D eigenvalue weighted by molar-refractivity contribution is -0.118. The molecule has 1 aromatic rings. The third-order valence-electron chi connectivity index (χ3n) is 5.12. The standard InChI is InChI=1S/C21H35N5O/c1-14(2)20(27)24-18-9-7-17(8-10-18)11-23-21(22-6)25-19-13-26(15(3)4)12-16(19)5/h7-10,14-16,19H,11-13H2,1-6H3,(H,24,27)(H2,22,23,25). The van der Waals surface area contributed by atoms with Crippen LogP contribution in [0.25, 0.3) is 0 Å². The molecule has 1 aliphatic heterocycles. The van der Waals surface area contributed by atoms with Crippen LogP contribution in [0.5, 0.6) is 0 Å². The molecule has 0 aromatic heterocycles. The summed E-state index contributed by atoms with van der Waals surface area (Å²) in [4.78, 5) is 18.6. The lowest BCUT2D eigenvalue weighted by Gasteiger charge is -2.22. The number of likely N-dealkylation sites (tertiary alicyclic amines) is 1. The quantitative estimate of drug-likeness (QED) is 0.530. The van der Waals surface area contributed by atoms with Crippen LogP contribution in [0.15, 0.2) is 29.3 Å². The van der Waals surface area contributed by atoms with Crippen molar-refractivity contribution in [3.8, 4) is 0 Å². The summed E-state index contributed by atoms with van der Waals surface area (Å²) >= 11 is 0. The highest BCUT2D eigenvalue weighted by atomic mass is 16.1. The topological polar surface area (TPSA) is 68.8 Å². The molecule has 0 aliphatic carbocycles. The van der Waals surface area contributed by atoms with Crippen molar-refractivity contribution in [2.24, 2.45) is 16.8 Å². The van der Waals surface area contributed by atoms with Crippen LogP contribution in [-0.2, 0) is 11.3 Å². The summed E-state index contributed by atoms with van der Waals surface area (Å²) in [7, 11) is 1.81. The number of nitrogens with zero attached hydrogens (tertiary/aromatic N) is 2. The van der Waals surface area contributed by atoms with Crippen LogP contribution in [0.2, 0.25) is 0 Å². The molecule has 1 saturated heterocycles. The van der Waals surface area contributed by atoms with Gasteiger partial charge in [-0.05, 0) is 37.5 Å². The van der Waals surface area contributed by atoms with E-state index in [-0.39, 0.29) is 11.8 Å². The second-order valence-electron chi connectivity index (χ2n) is 8.04. The lowest BCUT2D eigenvalue weighted by atomic mass is 10.1. The Morgan fingerprint density at radius 2 is 1.85 bits per heavy atom. The Labute approximate surface area is 163 Å². The van der Waals surface area contributed by atoms with Gasteiger partial charge in [-0.25, -0.2) is 0 Å². The molecule has 1 aliphatic rings.